The zero-order valence-electron chi connectivity index (χ0n) is 19.2. The first-order valence-corrected chi connectivity index (χ1v) is 12.6. The number of aliphatic hydroxyl groups is 1. The van der Waals surface area contributed by atoms with Crippen molar-refractivity contribution in [1.29, 1.82) is 5.26 Å². The van der Waals surface area contributed by atoms with Crippen molar-refractivity contribution in [3.8, 4) is 17.2 Å². The van der Waals surface area contributed by atoms with Crippen molar-refractivity contribution in [3.05, 3.63) is 71.7 Å². The third kappa shape index (κ3) is 4.67. The standard InChI is InChI=1S/C24H20F3N5O3S/c1-3-23(33,24(25,26)27)22-14-32(31-30-22)13-15-7-8-19-20(11-17(12-28)29-21(19)9-15)16-5-4-6-18(10-16)36(2,34)35/h4-11,14,33H,3,13H2,1-2H3. The van der Waals surface area contributed by atoms with Crippen LogP contribution in [0, 0.1) is 11.3 Å². The van der Waals surface area contributed by atoms with E-state index in [1.807, 2.05) is 6.07 Å². The molecular weight excluding hydrogens is 495 g/mol. The minimum Gasteiger partial charge on any atom is -0.375 e. The molecule has 12 heteroatoms. The monoisotopic (exact) mass is 515 g/mol. The summed E-state index contributed by atoms with van der Waals surface area (Å²) in [5.41, 5.74) is -1.35. The molecule has 2 aromatic heterocycles. The first-order chi connectivity index (χ1) is 16.9. The summed E-state index contributed by atoms with van der Waals surface area (Å²) >= 11 is 0. The molecule has 0 spiro atoms. The van der Waals surface area contributed by atoms with Gasteiger partial charge in [-0.05, 0) is 47.4 Å². The molecule has 0 saturated carbocycles. The normalized spacial score (nSPS) is 13.9. The van der Waals surface area contributed by atoms with Crippen LogP contribution in [0.4, 0.5) is 13.2 Å². The van der Waals surface area contributed by atoms with E-state index in [1.54, 1.807) is 36.4 Å². The maximum absolute atomic E-state index is 13.3. The van der Waals surface area contributed by atoms with E-state index in [0.717, 1.165) is 12.5 Å². The molecule has 0 fully saturated rings. The Morgan fingerprint density at radius 1 is 1.14 bits per heavy atom. The number of alkyl halides is 3. The molecule has 0 aliphatic rings. The Hall–Kier alpha value is -3.82. The minimum atomic E-state index is -4.91. The zero-order chi connectivity index (χ0) is 26.3. The highest BCUT2D eigenvalue weighted by Gasteiger charge is 2.55. The molecule has 36 heavy (non-hydrogen) atoms. The fraction of sp³-hybridized carbons (Fsp3) is 0.250. The average molecular weight is 516 g/mol. The molecule has 4 rings (SSSR count). The van der Waals surface area contributed by atoms with Crippen molar-refractivity contribution in [1.82, 2.24) is 20.0 Å². The molecule has 2 heterocycles. The van der Waals surface area contributed by atoms with Gasteiger partial charge in [-0.15, -0.1) is 5.10 Å². The molecule has 0 aliphatic heterocycles. The molecule has 1 atom stereocenters. The number of hydrogen-bond donors (Lipinski definition) is 1. The average Bonchev–Trinajstić information content (AvgIpc) is 3.30. The van der Waals surface area contributed by atoms with Gasteiger partial charge in [0.2, 0.25) is 5.60 Å². The molecule has 0 aliphatic carbocycles. The predicted molar refractivity (Wildman–Crippen MR) is 124 cm³/mol. The lowest BCUT2D eigenvalue weighted by molar-refractivity contribution is -0.269. The summed E-state index contributed by atoms with van der Waals surface area (Å²) in [6.45, 7) is 1.25. The highest BCUT2D eigenvalue weighted by atomic mass is 32.2. The molecule has 4 aromatic rings. The highest BCUT2D eigenvalue weighted by Crippen LogP contribution is 2.40. The van der Waals surface area contributed by atoms with Gasteiger partial charge in [0.15, 0.2) is 9.84 Å². The van der Waals surface area contributed by atoms with Crippen LogP contribution in [0.1, 0.15) is 30.3 Å². The lowest BCUT2D eigenvalue weighted by atomic mass is 9.96. The van der Waals surface area contributed by atoms with Crippen LogP contribution in [-0.2, 0) is 22.0 Å². The molecule has 0 saturated heterocycles. The maximum atomic E-state index is 13.3. The molecule has 2 aromatic carbocycles. The second-order valence-electron chi connectivity index (χ2n) is 8.33. The molecule has 1 N–H and O–H groups in total. The van der Waals surface area contributed by atoms with Crippen molar-refractivity contribution in [2.24, 2.45) is 0 Å². The van der Waals surface area contributed by atoms with Crippen molar-refractivity contribution in [2.75, 3.05) is 6.26 Å². The third-order valence-corrected chi connectivity index (χ3v) is 6.96. The van der Waals surface area contributed by atoms with Gasteiger partial charge in [0, 0.05) is 11.6 Å². The summed E-state index contributed by atoms with van der Waals surface area (Å²) in [6.07, 6.45) is -3.37. The number of hydrogen-bond acceptors (Lipinski definition) is 7. The van der Waals surface area contributed by atoms with Gasteiger partial charge in [-0.2, -0.15) is 18.4 Å². The van der Waals surface area contributed by atoms with Crippen molar-refractivity contribution >= 4 is 20.7 Å². The topological polar surface area (TPSA) is 122 Å². The number of nitriles is 1. The fourth-order valence-electron chi connectivity index (χ4n) is 3.84. The molecule has 186 valence electrons. The second kappa shape index (κ2) is 9.00. The third-order valence-electron chi connectivity index (χ3n) is 5.85. The quantitative estimate of drug-likeness (QED) is 0.412. The van der Waals surface area contributed by atoms with Gasteiger partial charge in [-0.3, -0.25) is 0 Å². The summed E-state index contributed by atoms with van der Waals surface area (Å²) in [5, 5.41) is 27.5. The number of benzene rings is 2. The van der Waals surface area contributed by atoms with Crippen LogP contribution in [0.3, 0.4) is 0 Å². The fourth-order valence-corrected chi connectivity index (χ4v) is 4.51. The summed E-state index contributed by atoms with van der Waals surface area (Å²) in [6, 6.07) is 15.0. The van der Waals surface area contributed by atoms with E-state index in [2.05, 4.69) is 15.3 Å². The van der Waals surface area contributed by atoms with Gasteiger partial charge in [0.05, 0.1) is 23.2 Å². The van der Waals surface area contributed by atoms with Gasteiger partial charge < -0.3 is 5.11 Å². The van der Waals surface area contributed by atoms with E-state index in [9.17, 15) is 32.0 Å². The summed E-state index contributed by atoms with van der Waals surface area (Å²) < 4.78 is 65.2. The number of halogens is 3. The van der Waals surface area contributed by atoms with Crippen LogP contribution in [0.15, 0.2) is 59.6 Å². The summed E-state index contributed by atoms with van der Waals surface area (Å²) in [7, 11) is -3.45. The Morgan fingerprint density at radius 3 is 2.53 bits per heavy atom. The van der Waals surface area contributed by atoms with Crippen LogP contribution in [0.2, 0.25) is 0 Å². The largest absolute Gasteiger partial charge is 0.423 e. The van der Waals surface area contributed by atoms with Crippen LogP contribution in [0.5, 0.6) is 0 Å². The minimum absolute atomic E-state index is 0.0396. The predicted octanol–water partition coefficient (Wildman–Crippen LogP) is 3.98. The first kappa shape index (κ1) is 25.3. The maximum Gasteiger partial charge on any atom is 0.423 e. The lowest BCUT2D eigenvalue weighted by Gasteiger charge is -2.26. The number of aromatic nitrogens is 4. The van der Waals surface area contributed by atoms with Crippen LogP contribution >= 0.6 is 0 Å². The van der Waals surface area contributed by atoms with E-state index in [0.29, 0.717) is 27.6 Å². The Labute approximate surface area is 204 Å². The van der Waals surface area contributed by atoms with E-state index >= 15 is 0 Å². The molecular formula is C24H20F3N5O3S. The summed E-state index contributed by atoms with van der Waals surface area (Å²) in [5.74, 6) is 0. The van der Waals surface area contributed by atoms with Gasteiger partial charge in [-0.25, -0.2) is 18.1 Å². The number of nitrogens with zero attached hydrogens (tertiary/aromatic N) is 5. The van der Waals surface area contributed by atoms with Gasteiger partial charge in [0.25, 0.3) is 0 Å². The Balaban J connectivity index is 1.74. The van der Waals surface area contributed by atoms with E-state index < -0.39 is 33.7 Å². The number of rotatable bonds is 6. The van der Waals surface area contributed by atoms with Crippen LogP contribution < -0.4 is 0 Å². The molecule has 8 nitrogen and oxygen atoms in total. The second-order valence-corrected chi connectivity index (χ2v) is 10.3. The van der Waals surface area contributed by atoms with E-state index in [4.69, 9.17) is 0 Å². The van der Waals surface area contributed by atoms with Crippen molar-refractivity contribution < 1.29 is 26.7 Å². The molecule has 0 amide bonds. The van der Waals surface area contributed by atoms with E-state index in [1.165, 1.54) is 23.7 Å². The molecule has 1 unspecified atom stereocenters. The van der Waals surface area contributed by atoms with Gasteiger partial charge in [-0.1, -0.05) is 36.4 Å². The Kier molecular flexibility index (Phi) is 6.32. The molecule has 0 radical (unpaired) electrons. The smallest absolute Gasteiger partial charge is 0.375 e. The number of fused-ring (bicyclic) bond motifs is 1. The van der Waals surface area contributed by atoms with Crippen molar-refractivity contribution in [2.45, 2.75) is 36.6 Å². The zero-order valence-corrected chi connectivity index (χ0v) is 20.0. The number of pyridine rings is 1. The van der Waals surface area contributed by atoms with Crippen LogP contribution in [-0.4, -0.2) is 45.9 Å². The van der Waals surface area contributed by atoms with Crippen molar-refractivity contribution in [3.63, 3.8) is 0 Å². The lowest BCUT2D eigenvalue weighted by Crippen LogP contribution is -2.42. The highest BCUT2D eigenvalue weighted by molar-refractivity contribution is 7.90. The Bertz CT molecular complexity index is 1610. The molecule has 0 bridgehead atoms. The van der Waals surface area contributed by atoms with Gasteiger partial charge in [0.1, 0.15) is 17.5 Å². The Morgan fingerprint density at radius 2 is 1.89 bits per heavy atom. The summed E-state index contributed by atoms with van der Waals surface area (Å²) in [4.78, 5) is 4.46. The SMILES string of the molecule is CCC(O)(c1cn(Cc2ccc3c(-c4cccc(S(C)(=O)=O)c4)cc(C#N)nc3c2)nn1)C(F)(F)F. The first-order valence-electron chi connectivity index (χ1n) is 10.7. The van der Waals surface area contributed by atoms with Crippen LogP contribution in [0.25, 0.3) is 22.0 Å². The van der Waals surface area contributed by atoms with E-state index in [-0.39, 0.29) is 17.1 Å². The number of sulfone groups is 1. The van der Waals surface area contributed by atoms with Gasteiger partial charge >= 0.3 is 6.18 Å².